The molecule has 1 N–H and O–H groups in total. The summed E-state index contributed by atoms with van der Waals surface area (Å²) >= 11 is 3.36. The van der Waals surface area contributed by atoms with Crippen molar-refractivity contribution in [1.29, 1.82) is 0 Å². The van der Waals surface area contributed by atoms with Crippen molar-refractivity contribution in [2.45, 2.75) is 62.9 Å². The van der Waals surface area contributed by atoms with E-state index in [1.807, 2.05) is 0 Å². The third-order valence-corrected chi connectivity index (χ3v) is 7.45. The second-order valence-electron chi connectivity index (χ2n) is 6.94. The Morgan fingerprint density at radius 3 is 3.04 bits per heavy atom. The predicted molar refractivity (Wildman–Crippen MR) is 99.7 cm³/mol. The molecule has 1 saturated carbocycles. The van der Waals surface area contributed by atoms with Gasteiger partial charge in [0.05, 0.1) is 5.75 Å². The van der Waals surface area contributed by atoms with Crippen LogP contribution in [0.1, 0.15) is 49.5 Å². The third kappa shape index (κ3) is 3.18. The molecule has 2 aliphatic rings. The molecule has 2 heterocycles. The number of hydrogen-bond donors (Lipinski definition) is 1. The smallest absolute Gasteiger partial charge is 0.230 e. The van der Waals surface area contributed by atoms with Crippen molar-refractivity contribution < 1.29 is 4.79 Å². The van der Waals surface area contributed by atoms with Crippen LogP contribution in [0.15, 0.2) is 11.4 Å². The zero-order chi connectivity index (χ0) is 16.5. The van der Waals surface area contributed by atoms with Crippen molar-refractivity contribution in [2.75, 3.05) is 5.75 Å². The zero-order valence-electron chi connectivity index (χ0n) is 14.0. The Bertz CT molecular complexity index is 758. The molecule has 1 amide bonds. The first-order chi connectivity index (χ1) is 11.7. The van der Waals surface area contributed by atoms with Crippen molar-refractivity contribution in [2.24, 2.45) is 5.92 Å². The van der Waals surface area contributed by atoms with Gasteiger partial charge in [0.2, 0.25) is 5.91 Å². The Balaban J connectivity index is 1.44. The number of fused-ring (bicyclic) bond motifs is 3. The molecule has 0 aliphatic heterocycles. The molecule has 4 nitrogen and oxygen atoms in total. The van der Waals surface area contributed by atoms with Crippen LogP contribution in [0.5, 0.6) is 0 Å². The Kier molecular flexibility index (Phi) is 4.77. The van der Waals surface area contributed by atoms with Crippen LogP contribution in [0.4, 0.5) is 0 Å². The summed E-state index contributed by atoms with van der Waals surface area (Å²) in [5.74, 6) is 1.18. The van der Waals surface area contributed by atoms with Crippen molar-refractivity contribution in [3.8, 4) is 0 Å². The van der Waals surface area contributed by atoms with Crippen LogP contribution in [0, 0.1) is 5.92 Å². The third-order valence-electron chi connectivity index (χ3n) is 5.26. The van der Waals surface area contributed by atoms with Crippen molar-refractivity contribution >= 4 is 39.2 Å². The fourth-order valence-corrected chi connectivity index (χ4v) is 6.05. The van der Waals surface area contributed by atoms with Crippen molar-refractivity contribution in [3.05, 3.63) is 16.8 Å². The molecular formula is C18H23N3OS2. The van der Waals surface area contributed by atoms with E-state index in [9.17, 15) is 4.79 Å². The predicted octanol–water partition coefficient (Wildman–Crippen LogP) is 3.97. The molecule has 128 valence electrons. The molecule has 4 rings (SSSR count). The molecule has 2 aromatic rings. The number of aromatic nitrogens is 2. The fourth-order valence-electron chi connectivity index (χ4n) is 3.92. The first-order valence-electron chi connectivity index (χ1n) is 8.90. The standard InChI is InChI=1S/C18H23N3OS2/c1-11-5-2-3-7-13(11)21-15(22)9-23-17-16-12-6-4-8-14(12)24-18(16)20-10-19-17/h10-11,13H,2-9H2,1H3,(H,21,22)/t11-,13+/m1/s1. The van der Waals surface area contributed by atoms with Crippen molar-refractivity contribution in [3.63, 3.8) is 0 Å². The SMILES string of the molecule is C[C@@H]1CCCC[C@@H]1NC(=O)CSc1ncnc2sc3c(c12)CCC3. The van der Waals surface area contributed by atoms with Crippen LogP contribution in [-0.4, -0.2) is 27.7 Å². The highest BCUT2D eigenvalue weighted by atomic mass is 32.2. The van der Waals surface area contributed by atoms with Crippen LogP contribution >= 0.6 is 23.1 Å². The molecule has 0 unspecified atom stereocenters. The molecule has 0 spiro atoms. The maximum absolute atomic E-state index is 12.4. The molecule has 2 aromatic heterocycles. The van der Waals surface area contributed by atoms with Gasteiger partial charge in [0.15, 0.2) is 0 Å². The average molecular weight is 362 g/mol. The minimum absolute atomic E-state index is 0.136. The number of thioether (sulfide) groups is 1. The molecule has 0 radical (unpaired) electrons. The molecular weight excluding hydrogens is 338 g/mol. The van der Waals surface area contributed by atoms with Crippen LogP contribution in [0.2, 0.25) is 0 Å². The fraction of sp³-hybridized carbons (Fsp3) is 0.611. The molecule has 24 heavy (non-hydrogen) atoms. The second-order valence-corrected chi connectivity index (χ2v) is 8.99. The van der Waals surface area contributed by atoms with E-state index in [0.29, 0.717) is 17.7 Å². The Morgan fingerprint density at radius 2 is 2.17 bits per heavy atom. The number of nitrogens with one attached hydrogen (secondary N) is 1. The maximum atomic E-state index is 12.4. The summed E-state index contributed by atoms with van der Waals surface area (Å²) in [6, 6.07) is 0.350. The zero-order valence-corrected chi connectivity index (χ0v) is 15.6. The highest BCUT2D eigenvalue weighted by Gasteiger charge is 2.24. The lowest BCUT2D eigenvalue weighted by molar-refractivity contribution is -0.119. The number of nitrogens with zero attached hydrogens (tertiary/aromatic N) is 2. The van der Waals surface area contributed by atoms with Crippen LogP contribution in [-0.2, 0) is 17.6 Å². The van der Waals surface area contributed by atoms with E-state index in [2.05, 4.69) is 22.2 Å². The van der Waals surface area contributed by atoms with E-state index in [4.69, 9.17) is 0 Å². The highest BCUT2D eigenvalue weighted by molar-refractivity contribution is 8.00. The van der Waals surface area contributed by atoms with Gasteiger partial charge in [0.1, 0.15) is 16.2 Å². The molecule has 1 fully saturated rings. The molecule has 0 saturated heterocycles. The Hall–Kier alpha value is -1.14. The number of carbonyl (C=O) groups is 1. The van der Waals surface area contributed by atoms with Crippen molar-refractivity contribution in [1.82, 2.24) is 15.3 Å². The van der Waals surface area contributed by atoms with Gasteiger partial charge >= 0.3 is 0 Å². The first kappa shape index (κ1) is 16.3. The lowest BCUT2D eigenvalue weighted by Gasteiger charge is -2.29. The van der Waals surface area contributed by atoms with Gasteiger partial charge < -0.3 is 5.32 Å². The number of amides is 1. The van der Waals surface area contributed by atoms with Gasteiger partial charge in [-0.25, -0.2) is 9.97 Å². The molecule has 2 aliphatic carbocycles. The van der Waals surface area contributed by atoms with E-state index >= 15 is 0 Å². The number of aryl methyl sites for hydroxylation is 2. The van der Waals surface area contributed by atoms with Gasteiger partial charge in [-0.05, 0) is 43.6 Å². The van der Waals surface area contributed by atoms with Gasteiger partial charge in [0.25, 0.3) is 0 Å². The van der Waals surface area contributed by atoms with Gasteiger partial charge in [-0.2, -0.15) is 0 Å². The quantitative estimate of drug-likeness (QED) is 0.661. The molecule has 6 heteroatoms. The normalized spacial score (nSPS) is 23.4. The summed E-state index contributed by atoms with van der Waals surface area (Å²) in [5, 5.41) is 5.42. The molecule has 0 aromatic carbocycles. The number of rotatable bonds is 4. The average Bonchev–Trinajstić information content (AvgIpc) is 3.16. The van der Waals surface area contributed by atoms with Gasteiger partial charge in [-0.15, -0.1) is 11.3 Å². The topological polar surface area (TPSA) is 54.9 Å². The summed E-state index contributed by atoms with van der Waals surface area (Å²) in [5.41, 5.74) is 1.43. The summed E-state index contributed by atoms with van der Waals surface area (Å²) in [6.07, 6.45) is 10.0. The van der Waals surface area contributed by atoms with E-state index < -0.39 is 0 Å². The largest absolute Gasteiger partial charge is 0.352 e. The monoisotopic (exact) mass is 361 g/mol. The van der Waals surface area contributed by atoms with E-state index in [1.165, 1.54) is 47.9 Å². The van der Waals surface area contributed by atoms with E-state index in [-0.39, 0.29) is 5.91 Å². The lowest BCUT2D eigenvalue weighted by Crippen LogP contribution is -2.41. The van der Waals surface area contributed by atoms with Gasteiger partial charge in [-0.1, -0.05) is 31.5 Å². The number of thiophene rings is 1. The summed E-state index contributed by atoms with van der Waals surface area (Å²) in [4.78, 5) is 23.8. The summed E-state index contributed by atoms with van der Waals surface area (Å²) in [7, 11) is 0. The first-order valence-corrected chi connectivity index (χ1v) is 10.7. The van der Waals surface area contributed by atoms with E-state index in [0.717, 1.165) is 22.7 Å². The minimum Gasteiger partial charge on any atom is -0.352 e. The molecule has 0 bridgehead atoms. The van der Waals surface area contributed by atoms with Gasteiger partial charge in [-0.3, -0.25) is 4.79 Å². The lowest BCUT2D eigenvalue weighted by atomic mass is 9.86. The summed E-state index contributed by atoms with van der Waals surface area (Å²) < 4.78 is 0. The maximum Gasteiger partial charge on any atom is 0.230 e. The van der Waals surface area contributed by atoms with Crippen LogP contribution in [0.25, 0.3) is 10.2 Å². The van der Waals surface area contributed by atoms with Crippen LogP contribution in [0.3, 0.4) is 0 Å². The number of carbonyl (C=O) groups excluding carboxylic acids is 1. The van der Waals surface area contributed by atoms with Gasteiger partial charge in [0, 0.05) is 16.3 Å². The second kappa shape index (κ2) is 7.00. The Morgan fingerprint density at radius 1 is 1.29 bits per heavy atom. The Labute approximate surface area is 150 Å². The highest BCUT2D eigenvalue weighted by Crippen LogP contribution is 2.39. The number of hydrogen-bond acceptors (Lipinski definition) is 5. The summed E-state index contributed by atoms with van der Waals surface area (Å²) in [6.45, 7) is 2.25. The molecule has 2 atom stereocenters. The van der Waals surface area contributed by atoms with Crippen LogP contribution < -0.4 is 5.32 Å². The van der Waals surface area contributed by atoms with E-state index in [1.54, 1.807) is 29.4 Å². The minimum atomic E-state index is 0.136.